The van der Waals surface area contributed by atoms with Crippen LogP contribution in [0.3, 0.4) is 0 Å². The van der Waals surface area contributed by atoms with Crippen LogP contribution in [0.2, 0.25) is 0 Å². The van der Waals surface area contributed by atoms with E-state index in [2.05, 4.69) is 26.1 Å². The second kappa shape index (κ2) is 6.64. The number of hydrogen-bond acceptors (Lipinski definition) is 3. The molecular weight excluding hydrogens is 232 g/mol. The molecule has 17 heavy (non-hydrogen) atoms. The number of carbonyl (C=O) groups excluding carboxylic acids is 1. The van der Waals surface area contributed by atoms with Crippen LogP contribution in [0.1, 0.15) is 46.5 Å². The molecule has 0 aromatic rings. The molecule has 0 spiro atoms. The minimum Gasteiger partial charge on any atom is -0.355 e. The zero-order chi connectivity index (χ0) is 12.9. The molecule has 0 aromatic carbocycles. The molecule has 4 heteroatoms. The van der Waals surface area contributed by atoms with Gasteiger partial charge < -0.3 is 11.1 Å². The number of nitrogens with two attached hydrogens (primary N) is 1. The lowest BCUT2D eigenvalue weighted by atomic mass is 9.87. The summed E-state index contributed by atoms with van der Waals surface area (Å²) in [4.78, 5) is 11.7. The lowest BCUT2D eigenvalue weighted by Crippen LogP contribution is -2.36. The van der Waals surface area contributed by atoms with Gasteiger partial charge in [-0.25, -0.2) is 0 Å². The van der Waals surface area contributed by atoms with Crippen molar-refractivity contribution < 1.29 is 4.79 Å². The Bertz CT molecular complexity index is 244. The van der Waals surface area contributed by atoms with Crippen molar-refractivity contribution in [2.45, 2.75) is 57.7 Å². The fourth-order valence-electron chi connectivity index (χ4n) is 2.20. The third kappa shape index (κ3) is 6.94. The zero-order valence-corrected chi connectivity index (χ0v) is 12.1. The highest BCUT2D eigenvalue weighted by Crippen LogP contribution is 2.25. The zero-order valence-electron chi connectivity index (χ0n) is 11.3. The van der Waals surface area contributed by atoms with Crippen LogP contribution < -0.4 is 11.1 Å². The lowest BCUT2D eigenvalue weighted by Gasteiger charge is -2.22. The van der Waals surface area contributed by atoms with Crippen LogP contribution in [0, 0.1) is 5.41 Å². The van der Waals surface area contributed by atoms with E-state index >= 15 is 0 Å². The third-order valence-corrected chi connectivity index (χ3v) is 4.27. The van der Waals surface area contributed by atoms with E-state index in [-0.39, 0.29) is 17.4 Å². The number of hydrogen-bond donors (Lipinski definition) is 2. The van der Waals surface area contributed by atoms with Crippen molar-refractivity contribution in [3.63, 3.8) is 0 Å². The molecule has 1 aliphatic heterocycles. The lowest BCUT2D eigenvalue weighted by molar-refractivity contribution is -0.121. The van der Waals surface area contributed by atoms with Gasteiger partial charge in [0.05, 0.1) is 0 Å². The van der Waals surface area contributed by atoms with Crippen molar-refractivity contribution in [1.29, 1.82) is 0 Å². The van der Waals surface area contributed by atoms with Crippen LogP contribution in [0.15, 0.2) is 0 Å². The highest BCUT2D eigenvalue weighted by Gasteiger charge is 2.19. The molecule has 0 saturated carbocycles. The maximum atomic E-state index is 11.7. The number of amides is 1. The average molecular weight is 258 g/mol. The Kier molecular flexibility index (Phi) is 5.80. The normalized spacial score (nSPS) is 22.5. The highest BCUT2D eigenvalue weighted by atomic mass is 32.2. The van der Waals surface area contributed by atoms with Gasteiger partial charge in [0.2, 0.25) is 5.91 Å². The summed E-state index contributed by atoms with van der Waals surface area (Å²) in [5, 5.41) is 3.62. The van der Waals surface area contributed by atoms with Crippen molar-refractivity contribution in [2.24, 2.45) is 11.1 Å². The molecule has 3 nitrogen and oxygen atoms in total. The largest absolute Gasteiger partial charge is 0.355 e. The van der Waals surface area contributed by atoms with Crippen molar-refractivity contribution in [3.8, 4) is 0 Å². The molecule has 0 aromatic heterocycles. The summed E-state index contributed by atoms with van der Waals surface area (Å²) in [6.07, 6.45) is 3.86. The van der Waals surface area contributed by atoms with E-state index in [0.717, 1.165) is 13.0 Å². The summed E-state index contributed by atoms with van der Waals surface area (Å²) in [6.45, 7) is 7.27. The van der Waals surface area contributed by atoms with Crippen molar-refractivity contribution in [3.05, 3.63) is 0 Å². The highest BCUT2D eigenvalue weighted by molar-refractivity contribution is 8.00. The first-order valence-electron chi connectivity index (χ1n) is 6.51. The quantitative estimate of drug-likeness (QED) is 0.794. The standard InChI is InChI=1S/C13H26N2OS/c1-13(2,3)8-10(14)7-12(16)15-9-11-5-4-6-17-11/h10-11H,4-9,14H2,1-3H3,(H,15,16). The number of nitrogens with one attached hydrogen (secondary N) is 1. The van der Waals surface area contributed by atoms with E-state index in [1.807, 2.05) is 11.8 Å². The molecule has 1 amide bonds. The second-order valence-corrected chi connectivity index (χ2v) is 7.58. The molecule has 3 N–H and O–H groups in total. The molecule has 100 valence electrons. The summed E-state index contributed by atoms with van der Waals surface area (Å²) in [6, 6.07) is -0.0220. The van der Waals surface area contributed by atoms with Gasteiger partial charge in [0.1, 0.15) is 0 Å². The Labute approximate surface area is 109 Å². The number of thioether (sulfide) groups is 1. The summed E-state index contributed by atoms with van der Waals surface area (Å²) < 4.78 is 0. The molecule has 1 fully saturated rings. The fraction of sp³-hybridized carbons (Fsp3) is 0.923. The van der Waals surface area contributed by atoms with Gasteiger partial charge in [0.25, 0.3) is 0 Å². The molecule has 0 radical (unpaired) electrons. The minimum atomic E-state index is -0.0220. The van der Waals surface area contributed by atoms with E-state index in [9.17, 15) is 4.79 Å². The molecule has 2 atom stereocenters. The van der Waals surface area contributed by atoms with Gasteiger partial charge in [-0.05, 0) is 30.4 Å². The van der Waals surface area contributed by atoms with Gasteiger partial charge in [0.15, 0.2) is 0 Å². The van der Waals surface area contributed by atoms with Crippen molar-refractivity contribution in [2.75, 3.05) is 12.3 Å². The fourth-order valence-corrected chi connectivity index (χ4v) is 3.40. The van der Waals surface area contributed by atoms with Gasteiger partial charge in [-0.15, -0.1) is 0 Å². The Hall–Kier alpha value is -0.220. The van der Waals surface area contributed by atoms with E-state index in [4.69, 9.17) is 5.73 Å². The number of rotatable bonds is 5. The van der Waals surface area contributed by atoms with E-state index < -0.39 is 0 Å². The summed E-state index contributed by atoms with van der Waals surface area (Å²) in [5.41, 5.74) is 6.17. The predicted octanol–water partition coefficient (Wildman–Crippen LogP) is 2.15. The molecule has 1 aliphatic rings. The molecule has 1 heterocycles. The second-order valence-electron chi connectivity index (χ2n) is 6.17. The maximum Gasteiger partial charge on any atom is 0.221 e. The topological polar surface area (TPSA) is 55.1 Å². The first-order chi connectivity index (χ1) is 7.87. The van der Waals surface area contributed by atoms with Crippen LogP contribution in [-0.4, -0.2) is 29.5 Å². The molecule has 2 unspecified atom stereocenters. The molecule has 0 bridgehead atoms. The van der Waals surface area contributed by atoms with Gasteiger partial charge in [-0.1, -0.05) is 20.8 Å². The number of carbonyl (C=O) groups is 1. The third-order valence-electron chi connectivity index (χ3n) is 2.87. The van der Waals surface area contributed by atoms with Crippen LogP contribution in [0.25, 0.3) is 0 Å². The summed E-state index contributed by atoms with van der Waals surface area (Å²) >= 11 is 1.97. The van der Waals surface area contributed by atoms with Crippen molar-refractivity contribution in [1.82, 2.24) is 5.32 Å². The van der Waals surface area contributed by atoms with Crippen molar-refractivity contribution >= 4 is 17.7 Å². The summed E-state index contributed by atoms with van der Waals surface area (Å²) in [7, 11) is 0. The average Bonchev–Trinajstić information content (AvgIpc) is 2.63. The van der Waals surface area contributed by atoms with Gasteiger partial charge in [0, 0.05) is 24.3 Å². The minimum absolute atomic E-state index is 0.0220. The summed E-state index contributed by atoms with van der Waals surface area (Å²) in [5.74, 6) is 1.35. The van der Waals surface area contributed by atoms with Crippen LogP contribution in [0.4, 0.5) is 0 Å². The van der Waals surface area contributed by atoms with Crippen LogP contribution >= 0.6 is 11.8 Å². The predicted molar refractivity (Wildman–Crippen MR) is 75.2 cm³/mol. The first kappa shape index (κ1) is 14.8. The van der Waals surface area contributed by atoms with E-state index in [0.29, 0.717) is 11.7 Å². The molecule has 1 saturated heterocycles. The first-order valence-corrected chi connectivity index (χ1v) is 7.55. The van der Waals surface area contributed by atoms with E-state index in [1.165, 1.54) is 18.6 Å². The van der Waals surface area contributed by atoms with Crippen LogP contribution in [-0.2, 0) is 4.79 Å². The molecular formula is C13H26N2OS. The molecule has 1 rings (SSSR count). The van der Waals surface area contributed by atoms with Gasteiger partial charge >= 0.3 is 0 Å². The maximum absolute atomic E-state index is 11.7. The SMILES string of the molecule is CC(C)(C)CC(N)CC(=O)NCC1CCCS1. The Morgan fingerprint density at radius 1 is 1.53 bits per heavy atom. The van der Waals surface area contributed by atoms with Crippen LogP contribution in [0.5, 0.6) is 0 Å². The monoisotopic (exact) mass is 258 g/mol. The van der Waals surface area contributed by atoms with Gasteiger partial charge in [-0.2, -0.15) is 11.8 Å². The smallest absolute Gasteiger partial charge is 0.221 e. The van der Waals surface area contributed by atoms with E-state index in [1.54, 1.807) is 0 Å². The van der Waals surface area contributed by atoms with Gasteiger partial charge in [-0.3, -0.25) is 4.79 Å². The molecule has 0 aliphatic carbocycles. The Balaban J connectivity index is 2.15. The Morgan fingerprint density at radius 2 is 2.24 bits per heavy atom. The Morgan fingerprint density at radius 3 is 2.76 bits per heavy atom.